The molecule has 142 valence electrons. The Morgan fingerprint density at radius 2 is 1.70 bits per heavy atom. The molecule has 1 aliphatic rings. The summed E-state index contributed by atoms with van der Waals surface area (Å²) in [5, 5.41) is 4.99. The first-order chi connectivity index (χ1) is 12.8. The summed E-state index contributed by atoms with van der Waals surface area (Å²) in [5.74, 6) is -5.59. The van der Waals surface area contributed by atoms with Crippen LogP contribution in [0.3, 0.4) is 0 Å². The first-order valence-corrected chi connectivity index (χ1v) is 8.26. The van der Waals surface area contributed by atoms with E-state index in [-0.39, 0.29) is 17.9 Å². The molecule has 0 heterocycles. The molecule has 27 heavy (non-hydrogen) atoms. The highest BCUT2D eigenvalue weighted by Crippen LogP contribution is 2.47. The average Bonchev–Trinajstić information content (AvgIpc) is 3.44. The highest BCUT2D eigenvalue weighted by molar-refractivity contribution is 6.32. The van der Waals surface area contributed by atoms with Crippen molar-refractivity contribution < 1.29 is 27.5 Å². The minimum absolute atomic E-state index is 0.236. The molecule has 9 heteroatoms. The number of ether oxygens (including phenoxy) is 1. The van der Waals surface area contributed by atoms with Crippen LogP contribution in [0.15, 0.2) is 30.3 Å². The van der Waals surface area contributed by atoms with Crippen molar-refractivity contribution in [3.63, 3.8) is 0 Å². The SMILES string of the molecule is COc1ccc(NC(=O)C2(C(=O)Nc3ccc(F)c(F)c3F)CC2)cc1Cl. The Morgan fingerprint density at radius 3 is 2.30 bits per heavy atom. The fraction of sp³-hybridized carbons (Fsp3) is 0.222. The zero-order chi connectivity index (χ0) is 19.8. The van der Waals surface area contributed by atoms with Gasteiger partial charge in [0.15, 0.2) is 17.5 Å². The Balaban J connectivity index is 1.74. The molecule has 2 N–H and O–H groups in total. The van der Waals surface area contributed by atoms with Gasteiger partial charge in [0.25, 0.3) is 0 Å². The number of benzene rings is 2. The number of hydrogen-bond acceptors (Lipinski definition) is 3. The van der Waals surface area contributed by atoms with Gasteiger partial charge in [-0.3, -0.25) is 9.59 Å². The lowest BCUT2D eigenvalue weighted by atomic mass is 10.0. The highest BCUT2D eigenvalue weighted by Gasteiger charge is 2.56. The van der Waals surface area contributed by atoms with Crippen LogP contribution in [0, 0.1) is 22.9 Å². The lowest BCUT2D eigenvalue weighted by Crippen LogP contribution is -2.36. The topological polar surface area (TPSA) is 67.4 Å². The highest BCUT2D eigenvalue weighted by atomic mass is 35.5. The zero-order valence-electron chi connectivity index (χ0n) is 14.0. The number of hydrogen-bond donors (Lipinski definition) is 2. The van der Waals surface area contributed by atoms with Gasteiger partial charge in [-0.1, -0.05) is 11.6 Å². The van der Waals surface area contributed by atoms with E-state index in [1.165, 1.54) is 13.2 Å². The van der Waals surface area contributed by atoms with Crippen LogP contribution < -0.4 is 15.4 Å². The third-order valence-corrected chi connectivity index (χ3v) is 4.61. The Hall–Kier alpha value is -2.74. The normalized spacial score (nSPS) is 14.4. The van der Waals surface area contributed by atoms with Gasteiger partial charge in [-0.15, -0.1) is 0 Å². The predicted molar refractivity (Wildman–Crippen MR) is 93.2 cm³/mol. The third-order valence-electron chi connectivity index (χ3n) is 4.31. The number of methoxy groups -OCH3 is 1. The molecule has 0 aromatic heterocycles. The van der Waals surface area contributed by atoms with Gasteiger partial charge in [0.2, 0.25) is 11.8 Å². The standard InChI is InChI=1S/C18H14ClF3N2O3/c1-27-13-5-2-9(8-10(13)19)23-16(25)18(6-7-18)17(26)24-12-4-3-11(20)14(21)15(12)22/h2-5,8H,6-7H2,1H3,(H,23,25)(H,24,26). The number of carbonyl (C=O) groups excluding carboxylic acids is 2. The van der Waals surface area contributed by atoms with E-state index in [2.05, 4.69) is 10.6 Å². The van der Waals surface area contributed by atoms with Crippen molar-refractivity contribution >= 4 is 34.8 Å². The molecular formula is C18H14ClF3N2O3. The maximum atomic E-state index is 13.7. The van der Waals surface area contributed by atoms with Crippen LogP contribution in [-0.4, -0.2) is 18.9 Å². The summed E-state index contributed by atoms with van der Waals surface area (Å²) >= 11 is 5.99. The molecule has 2 amide bonds. The van der Waals surface area contributed by atoms with Crippen LogP contribution >= 0.6 is 11.6 Å². The minimum atomic E-state index is -1.70. The molecular weight excluding hydrogens is 385 g/mol. The lowest BCUT2D eigenvalue weighted by Gasteiger charge is -2.16. The first-order valence-electron chi connectivity index (χ1n) is 7.88. The molecule has 5 nitrogen and oxygen atoms in total. The van der Waals surface area contributed by atoms with E-state index in [9.17, 15) is 22.8 Å². The summed E-state index contributed by atoms with van der Waals surface area (Å²) in [6.45, 7) is 0. The molecule has 1 fully saturated rings. The summed E-state index contributed by atoms with van der Waals surface area (Å²) in [6, 6.07) is 6.14. The van der Waals surface area contributed by atoms with Crippen LogP contribution in [-0.2, 0) is 9.59 Å². The van der Waals surface area contributed by atoms with E-state index >= 15 is 0 Å². The number of carbonyl (C=O) groups is 2. The maximum absolute atomic E-state index is 13.7. The van der Waals surface area contributed by atoms with Crippen molar-refractivity contribution in [3.8, 4) is 5.75 Å². The van der Waals surface area contributed by atoms with Crippen LogP contribution in [0.25, 0.3) is 0 Å². The Morgan fingerprint density at radius 1 is 1.04 bits per heavy atom. The van der Waals surface area contributed by atoms with Crippen molar-refractivity contribution in [1.82, 2.24) is 0 Å². The van der Waals surface area contributed by atoms with Crippen LogP contribution in [0.2, 0.25) is 5.02 Å². The van der Waals surface area contributed by atoms with E-state index in [4.69, 9.17) is 16.3 Å². The van der Waals surface area contributed by atoms with E-state index in [0.717, 1.165) is 6.07 Å². The summed E-state index contributed by atoms with van der Waals surface area (Å²) < 4.78 is 45.0. The van der Waals surface area contributed by atoms with Crippen molar-refractivity contribution in [2.24, 2.45) is 5.41 Å². The second-order valence-corrected chi connectivity index (χ2v) is 6.47. The number of rotatable bonds is 5. The number of anilines is 2. The van der Waals surface area contributed by atoms with Crippen molar-refractivity contribution in [2.45, 2.75) is 12.8 Å². The number of nitrogens with one attached hydrogen (secondary N) is 2. The van der Waals surface area contributed by atoms with Crippen molar-refractivity contribution in [1.29, 1.82) is 0 Å². The van der Waals surface area contributed by atoms with E-state index < -0.39 is 40.4 Å². The maximum Gasteiger partial charge on any atom is 0.240 e. The zero-order valence-corrected chi connectivity index (χ0v) is 14.8. The van der Waals surface area contributed by atoms with Crippen LogP contribution in [0.4, 0.5) is 24.5 Å². The van der Waals surface area contributed by atoms with Gasteiger partial charge >= 0.3 is 0 Å². The van der Waals surface area contributed by atoms with Gasteiger partial charge in [-0.2, -0.15) is 0 Å². The van der Waals surface area contributed by atoms with Crippen molar-refractivity contribution in [2.75, 3.05) is 17.7 Å². The van der Waals surface area contributed by atoms with Crippen molar-refractivity contribution in [3.05, 3.63) is 52.8 Å². The van der Waals surface area contributed by atoms with Gasteiger partial charge in [-0.25, -0.2) is 13.2 Å². The van der Waals surface area contributed by atoms with E-state index in [1.54, 1.807) is 12.1 Å². The largest absolute Gasteiger partial charge is 0.495 e. The minimum Gasteiger partial charge on any atom is -0.495 e. The quantitative estimate of drug-likeness (QED) is 0.588. The smallest absolute Gasteiger partial charge is 0.240 e. The van der Waals surface area contributed by atoms with Gasteiger partial charge in [-0.05, 0) is 43.2 Å². The summed E-state index contributed by atoms with van der Waals surface area (Å²) in [5.41, 5.74) is -1.60. The molecule has 0 spiro atoms. The molecule has 0 atom stereocenters. The Labute approximate surface area is 157 Å². The molecule has 0 unspecified atom stereocenters. The second kappa shape index (κ2) is 7.11. The fourth-order valence-electron chi connectivity index (χ4n) is 2.54. The van der Waals surface area contributed by atoms with Gasteiger partial charge in [0.1, 0.15) is 11.2 Å². The summed E-state index contributed by atoms with van der Waals surface area (Å²) in [7, 11) is 1.44. The third kappa shape index (κ3) is 3.57. The average molecular weight is 399 g/mol. The Kier molecular flexibility index (Phi) is 5.01. The van der Waals surface area contributed by atoms with Crippen LogP contribution in [0.5, 0.6) is 5.75 Å². The molecule has 0 radical (unpaired) electrons. The molecule has 2 aromatic carbocycles. The second-order valence-electron chi connectivity index (χ2n) is 6.06. The molecule has 3 rings (SSSR count). The first kappa shape index (κ1) is 19.0. The summed E-state index contributed by atoms with van der Waals surface area (Å²) in [6.07, 6.45) is 0.472. The fourth-order valence-corrected chi connectivity index (χ4v) is 2.80. The lowest BCUT2D eigenvalue weighted by molar-refractivity contribution is -0.131. The molecule has 0 aliphatic heterocycles. The van der Waals surface area contributed by atoms with E-state index in [0.29, 0.717) is 17.5 Å². The van der Waals surface area contributed by atoms with Gasteiger partial charge < -0.3 is 15.4 Å². The molecule has 0 bridgehead atoms. The van der Waals surface area contributed by atoms with Gasteiger partial charge in [0.05, 0.1) is 17.8 Å². The monoisotopic (exact) mass is 398 g/mol. The Bertz CT molecular complexity index is 932. The molecule has 0 saturated heterocycles. The molecule has 1 aliphatic carbocycles. The van der Waals surface area contributed by atoms with Crippen LogP contribution in [0.1, 0.15) is 12.8 Å². The summed E-state index contributed by atoms with van der Waals surface area (Å²) in [4.78, 5) is 25.0. The molecule has 1 saturated carbocycles. The van der Waals surface area contributed by atoms with E-state index in [1.807, 2.05) is 0 Å². The number of amides is 2. The van der Waals surface area contributed by atoms with Gasteiger partial charge in [0, 0.05) is 5.69 Å². The predicted octanol–water partition coefficient (Wildman–Crippen LogP) is 4.12. The number of halogens is 4. The molecule has 2 aromatic rings.